The van der Waals surface area contributed by atoms with Crippen LogP contribution in [0.5, 0.6) is 0 Å². The molecule has 2 aromatic carbocycles. The van der Waals surface area contributed by atoms with E-state index in [0.29, 0.717) is 12.1 Å². The number of hydrogen-bond donors (Lipinski definition) is 5. The van der Waals surface area contributed by atoms with Crippen LogP contribution in [0.2, 0.25) is 0 Å². The zero-order valence-electron chi connectivity index (χ0n) is 20.4. The summed E-state index contributed by atoms with van der Waals surface area (Å²) in [6.07, 6.45) is -6.06. The van der Waals surface area contributed by atoms with Crippen molar-refractivity contribution >= 4 is 23.7 Å². The van der Waals surface area contributed by atoms with E-state index in [1.807, 2.05) is 35.6 Å². The zero-order valence-corrected chi connectivity index (χ0v) is 20.4. The molecular formula is C25H30F3N5O4. The van der Waals surface area contributed by atoms with Crippen molar-refractivity contribution in [1.29, 1.82) is 5.41 Å². The molecule has 3 amide bonds. The topological polar surface area (TPSA) is 132 Å². The number of carbonyl (C=O) groups is 3. The van der Waals surface area contributed by atoms with Crippen LogP contribution in [0, 0.1) is 5.41 Å². The van der Waals surface area contributed by atoms with Crippen LogP contribution in [-0.4, -0.2) is 55.7 Å². The molecule has 0 unspecified atom stereocenters. The summed E-state index contributed by atoms with van der Waals surface area (Å²) in [6, 6.07) is 15.2. The lowest BCUT2D eigenvalue weighted by molar-refractivity contribution is -0.160. The van der Waals surface area contributed by atoms with Crippen LogP contribution in [0.3, 0.4) is 0 Å². The lowest BCUT2D eigenvalue weighted by Crippen LogP contribution is -2.47. The van der Waals surface area contributed by atoms with Gasteiger partial charge in [-0.1, -0.05) is 61.5 Å². The molecule has 12 heteroatoms. The number of amides is 3. The maximum Gasteiger partial charge on any atom is 0.422 e. The number of benzene rings is 2. The van der Waals surface area contributed by atoms with Crippen molar-refractivity contribution in [2.75, 3.05) is 19.7 Å². The van der Waals surface area contributed by atoms with Gasteiger partial charge < -0.3 is 20.7 Å². The van der Waals surface area contributed by atoms with Crippen LogP contribution < -0.4 is 21.3 Å². The van der Waals surface area contributed by atoms with Crippen LogP contribution in [-0.2, 0) is 20.9 Å². The third-order valence-electron chi connectivity index (χ3n) is 5.18. The standard InChI is InChI=1S/C25H30F3N5O4/c1-16(19-6-4-3-5-7-19)12-30-14-21(34)32-17(2)23(35)31-13-18-8-10-20(11-9-18)22(29)33-24(36)37-15-25(26,27)28/h3-11,16-17,30H,12-15H2,1-2H3,(H,31,35)(H,32,34)(H2,29,33,36)/t16-,17-/m0/s1. The highest BCUT2D eigenvalue weighted by atomic mass is 19.4. The summed E-state index contributed by atoms with van der Waals surface area (Å²) < 4.78 is 40.2. The van der Waals surface area contributed by atoms with Gasteiger partial charge in [0.25, 0.3) is 0 Å². The van der Waals surface area contributed by atoms with Crippen LogP contribution >= 0.6 is 0 Å². The Morgan fingerprint density at radius 3 is 2.27 bits per heavy atom. The third kappa shape index (κ3) is 11.1. The number of hydrogen-bond acceptors (Lipinski definition) is 6. The molecule has 9 nitrogen and oxygen atoms in total. The Morgan fingerprint density at radius 1 is 1.00 bits per heavy atom. The van der Waals surface area contributed by atoms with E-state index in [4.69, 9.17) is 5.41 Å². The molecule has 0 heterocycles. The van der Waals surface area contributed by atoms with Crippen molar-refractivity contribution in [2.45, 2.75) is 38.5 Å². The van der Waals surface area contributed by atoms with Crippen molar-refractivity contribution in [1.82, 2.24) is 21.3 Å². The highest BCUT2D eigenvalue weighted by Gasteiger charge is 2.29. The Morgan fingerprint density at radius 2 is 1.65 bits per heavy atom. The molecule has 0 fully saturated rings. The summed E-state index contributed by atoms with van der Waals surface area (Å²) in [6.45, 7) is 2.67. The molecule has 0 spiro atoms. The van der Waals surface area contributed by atoms with Gasteiger partial charge in [-0.25, -0.2) is 4.79 Å². The second-order valence-corrected chi connectivity index (χ2v) is 8.34. The number of carbonyl (C=O) groups excluding carboxylic acids is 3. The highest BCUT2D eigenvalue weighted by Crippen LogP contribution is 2.14. The zero-order chi connectivity index (χ0) is 27.4. The lowest BCUT2D eigenvalue weighted by atomic mass is 10.0. The molecule has 0 saturated carbocycles. The smallest absolute Gasteiger partial charge is 0.422 e. The molecule has 5 N–H and O–H groups in total. The van der Waals surface area contributed by atoms with Gasteiger partial charge in [0.2, 0.25) is 11.8 Å². The van der Waals surface area contributed by atoms with Gasteiger partial charge in [0.05, 0.1) is 6.54 Å². The van der Waals surface area contributed by atoms with E-state index in [9.17, 15) is 27.6 Å². The van der Waals surface area contributed by atoms with Gasteiger partial charge in [-0.15, -0.1) is 0 Å². The predicted molar refractivity (Wildman–Crippen MR) is 131 cm³/mol. The first-order valence-corrected chi connectivity index (χ1v) is 11.5. The summed E-state index contributed by atoms with van der Waals surface area (Å²) in [5, 5.41) is 18.1. The average Bonchev–Trinajstić information content (AvgIpc) is 2.86. The number of amidine groups is 1. The summed E-state index contributed by atoms with van der Waals surface area (Å²) >= 11 is 0. The molecule has 2 rings (SSSR count). The first kappa shape index (κ1) is 29.3. The van der Waals surface area contributed by atoms with Crippen molar-refractivity contribution in [3.63, 3.8) is 0 Å². The van der Waals surface area contributed by atoms with E-state index >= 15 is 0 Å². The quantitative estimate of drug-likeness (QED) is 0.229. The molecule has 0 bridgehead atoms. The van der Waals surface area contributed by atoms with Gasteiger partial charge in [-0.05, 0) is 24.0 Å². The third-order valence-corrected chi connectivity index (χ3v) is 5.18. The van der Waals surface area contributed by atoms with Crippen LogP contribution in [0.15, 0.2) is 54.6 Å². The van der Waals surface area contributed by atoms with E-state index < -0.39 is 36.7 Å². The highest BCUT2D eigenvalue weighted by molar-refractivity contribution is 6.04. The van der Waals surface area contributed by atoms with Gasteiger partial charge in [0, 0.05) is 18.7 Å². The van der Waals surface area contributed by atoms with E-state index in [2.05, 4.69) is 27.6 Å². The van der Waals surface area contributed by atoms with Gasteiger partial charge in [-0.2, -0.15) is 13.2 Å². The Kier molecular flexibility index (Phi) is 11.1. The molecule has 0 aliphatic carbocycles. The van der Waals surface area contributed by atoms with E-state index in [1.54, 1.807) is 19.1 Å². The molecule has 2 aromatic rings. The van der Waals surface area contributed by atoms with E-state index in [-0.39, 0.29) is 30.5 Å². The van der Waals surface area contributed by atoms with Crippen molar-refractivity contribution in [2.24, 2.45) is 0 Å². The second-order valence-electron chi connectivity index (χ2n) is 8.34. The maximum absolute atomic E-state index is 12.3. The average molecular weight is 522 g/mol. The minimum absolute atomic E-state index is 0.0694. The van der Waals surface area contributed by atoms with E-state index in [1.165, 1.54) is 12.1 Å². The molecule has 200 valence electrons. The molecule has 0 aliphatic heterocycles. The molecule has 0 aliphatic rings. The monoisotopic (exact) mass is 521 g/mol. The van der Waals surface area contributed by atoms with Gasteiger partial charge in [0.15, 0.2) is 6.61 Å². The Balaban J connectivity index is 1.70. The molecular weight excluding hydrogens is 491 g/mol. The Labute approximate surface area is 212 Å². The van der Waals surface area contributed by atoms with Gasteiger partial charge >= 0.3 is 12.3 Å². The molecule has 0 aromatic heterocycles. The largest absolute Gasteiger partial charge is 0.440 e. The van der Waals surface area contributed by atoms with Crippen molar-refractivity contribution in [3.05, 3.63) is 71.3 Å². The summed E-state index contributed by atoms with van der Waals surface area (Å²) in [5.41, 5.74) is 2.06. The SMILES string of the molecule is C[C@H](NC(=O)CNC[C@H](C)c1ccccc1)C(=O)NCc1ccc(C(=N)NC(=O)OCC(F)(F)F)cc1. The Bertz CT molecular complexity index is 1060. The normalized spacial score (nSPS) is 12.7. The van der Waals surface area contributed by atoms with Crippen molar-refractivity contribution < 1.29 is 32.3 Å². The predicted octanol–water partition coefficient (Wildman–Crippen LogP) is 2.81. The van der Waals surface area contributed by atoms with Crippen LogP contribution in [0.4, 0.5) is 18.0 Å². The summed E-state index contributed by atoms with van der Waals surface area (Å²) in [4.78, 5) is 35.8. The minimum atomic E-state index is -4.66. The summed E-state index contributed by atoms with van der Waals surface area (Å²) in [5.74, 6) is -0.918. The number of halogens is 3. The second kappa shape index (κ2) is 14.0. The Hall–Kier alpha value is -3.93. The fraction of sp³-hybridized carbons (Fsp3) is 0.360. The minimum Gasteiger partial charge on any atom is -0.440 e. The maximum atomic E-state index is 12.3. The van der Waals surface area contributed by atoms with Crippen molar-refractivity contribution in [3.8, 4) is 0 Å². The van der Waals surface area contributed by atoms with Crippen LogP contribution in [0.25, 0.3) is 0 Å². The van der Waals surface area contributed by atoms with Gasteiger partial charge in [0.1, 0.15) is 11.9 Å². The van der Waals surface area contributed by atoms with Gasteiger partial charge in [-0.3, -0.25) is 20.3 Å². The summed E-state index contributed by atoms with van der Waals surface area (Å²) in [7, 11) is 0. The molecule has 37 heavy (non-hydrogen) atoms. The molecule has 2 atom stereocenters. The lowest BCUT2D eigenvalue weighted by Gasteiger charge is -2.16. The number of nitrogens with one attached hydrogen (secondary N) is 5. The molecule has 0 radical (unpaired) electrons. The molecule has 0 saturated heterocycles. The first-order chi connectivity index (χ1) is 17.4. The fourth-order valence-electron chi connectivity index (χ4n) is 3.15. The number of alkyl carbamates (subject to hydrolysis) is 1. The first-order valence-electron chi connectivity index (χ1n) is 11.5. The number of alkyl halides is 3. The fourth-order valence-corrected chi connectivity index (χ4v) is 3.15. The van der Waals surface area contributed by atoms with E-state index in [0.717, 1.165) is 5.56 Å². The number of ether oxygens (including phenoxy) is 1. The number of rotatable bonds is 11. The van der Waals surface area contributed by atoms with Crippen LogP contribution in [0.1, 0.15) is 36.5 Å².